The number of nitrogens with one attached hydrogen (secondary N) is 1. The van der Waals surface area contributed by atoms with Crippen molar-refractivity contribution in [1.29, 1.82) is 0 Å². The molecule has 0 atom stereocenters. The number of hydrogen-bond acceptors (Lipinski definition) is 3. The molecule has 0 aliphatic carbocycles. The molecule has 0 saturated carbocycles. The van der Waals surface area contributed by atoms with E-state index in [1.54, 1.807) is 0 Å². The number of hydrogen-bond donors (Lipinski definition) is 1. The van der Waals surface area contributed by atoms with Gasteiger partial charge in [-0.2, -0.15) is 0 Å². The third-order valence-corrected chi connectivity index (χ3v) is 2.65. The van der Waals surface area contributed by atoms with Crippen LogP contribution < -0.4 is 10.2 Å². The lowest BCUT2D eigenvalue weighted by molar-refractivity contribution is -0.113. The smallest absolute Gasteiger partial charge is 0.414 e. The fraction of sp³-hybridized carbons (Fsp3) is 0.273. The fourth-order valence-electron chi connectivity index (χ4n) is 1.60. The van der Waals surface area contributed by atoms with Crippen molar-refractivity contribution in [2.24, 2.45) is 0 Å². The average Bonchev–Trinajstić information content (AvgIpc) is 2.77. The average molecular weight is 273 g/mol. The first-order valence-electron chi connectivity index (χ1n) is 5.21. The van der Waals surface area contributed by atoms with Gasteiger partial charge >= 0.3 is 6.09 Å². The largest absolute Gasteiger partial charge is 0.447 e. The zero-order chi connectivity index (χ0) is 13.1. The molecule has 2 rings (SSSR count). The molecule has 1 fully saturated rings. The highest BCUT2D eigenvalue weighted by atomic mass is 35.5. The summed E-state index contributed by atoms with van der Waals surface area (Å²) in [5.41, 5.74) is 0.446. The second-order valence-corrected chi connectivity index (χ2v) is 3.88. The van der Waals surface area contributed by atoms with E-state index in [0.29, 0.717) is 5.69 Å². The minimum atomic E-state index is -0.602. The molecule has 1 aromatic rings. The van der Waals surface area contributed by atoms with Gasteiger partial charge < -0.3 is 10.1 Å². The molecule has 1 saturated heterocycles. The second kappa shape index (κ2) is 5.22. The van der Waals surface area contributed by atoms with E-state index in [0.717, 1.165) is 0 Å². The quantitative estimate of drug-likeness (QED) is 0.856. The maximum atomic E-state index is 13.6. The van der Waals surface area contributed by atoms with Gasteiger partial charge in [-0.15, -0.1) is 11.6 Å². The number of carbonyl (C=O) groups excluding carboxylic acids is 2. The van der Waals surface area contributed by atoms with Gasteiger partial charge in [0.05, 0.1) is 12.2 Å². The van der Waals surface area contributed by atoms with E-state index in [9.17, 15) is 14.0 Å². The molecule has 0 aromatic heterocycles. The van der Waals surface area contributed by atoms with Crippen molar-refractivity contribution < 1.29 is 18.7 Å². The van der Waals surface area contributed by atoms with Gasteiger partial charge in [-0.1, -0.05) is 0 Å². The third kappa shape index (κ3) is 2.53. The summed E-state index contributed by atoms with van der Waals surface area (Å²) in [5, 5.41) is 2.48. The Hall–Kier alpha value is -1.82. The Morgan fingerprint density at radius 2 is 2.33 bits per heavy atom. The number of carbonyl (C=O) groups is 2. The van der Waals surface area contributed by atoms with Gasteiger partial charge in [0, 0.05) is 5.69 Å². The van der Waals surface area contributed by atoms with E-state index in [1.807, 2.05) is 0 Å². The maximum absolute atomic E-state index is 13.6. The second-order valence-electron chi connectivity index (χ2n) is 3.61. The number of cyclic esters (lactones) is 1. The van der Waals surface area contributed by atoms with E-state index in [1.165, 1.54) is 23.1 Å². The van der Waals surface area contributed by atoms with Crippen molar-refractivity contribution in [3.8, 4) is 0 Å². The van der Waals surface area contributed by atoms with Crippen molar-refractivity contribution in [3.05, 3.63) is 24.0 Å². The molecular formula is C11H10ClFN2O3. The summed E-state index contributed by atoms with van der Waals surface area (Å²) in [6.45, 7) is 0.499. The zero-order valence-electron chi connectivity index (χ0n) is 9.28. The molecule has 1 heterocycles. The number of ether oxygens (including phenoxy) is 1. The first kappa shape index (κ1) is 12.6. The van der Waals surface area contributed by atoms with Crippen LogP contribution in [0, 0.1) is 5.82 Å². The highest BCUT2D eigenvalue weighted by Crippen LogP contribution is 2.26. The molecule has 0 bridgehead atoms. The molecule has 1 aliphatic heterocycles. The Balaban J connectivity index is 2.26. The Morgan fingerprint density at radius 1 is 1.56 bits per heavy atom. The lowest BCUT2D eigenvalue weighted by Crippen LogP contribution is -2.24. The molecule has 2 amide bonds. The monoisotopic (exact) mass is 272 g/mol. The molecule has 5 nitrogen and oxygen atoms in total. The molecule has 1 N–H and O–H groups in total. The highest BCUT2D eigenvalue weighted by Gasteiger charge is 2.26. The van der Waals surface area contributed by atoms with Crippen LogP contribution in [-0.2, 0) is 9.53 Å². The van der Waals surface area contributed by atoms with E-state index in [-0.39, 0.29) is 24.7 Å². The first-order chi connectivity index (χ1) is 8.61. The van der Waals surface area contributed by atoms with Gasteiger partial charge in [0.2, 0.25) is 5.91 Å². The summed E-state index contributed by atoms with van der Waals surface area (Å²) in [4.78, 5) is 23.6. The number of rotatable bonds is 3. The van der Waals surface area contributed by atoms with Gasteiger partial charge in [0.1, 0.15) is 18.3 Å². The Labute approximate surface area is 107 Å². The molecule has 18 heavy (non-hydrogen) atoms. The Morgan fingerprint density at radius 3 is 2.94 bits per heavy atom. The van der Waals surface area contributed by atoms with Crippen LogP contribution in [0.2, 0.25) is 0 Å². The van der Waals surface area contributed by atoms with E-state index in [2.05, 4.69) is 5.32 Å². The van der Waals surface area contributed by atoms with Crippen LogP contribution in [-0.4, -0.2) is 31.0 Å². The van der Waals surface area contributed by atoms with Gasteiger partial charge in [0.15, 0.2) is 0 Å². The SMILES string of the molecule is O=C(CCl)Nc1ccc(F)c(N2CCOC2=O)c1. The van der Waals surface area contributed by atoms with Crippen LogP contribution in [0.4, 0.5) is 20.6 Å². The Bertz CT molecular complexity index is 495. The summed E-state index contributed by atoms with van der Waals surface area (Å²) in [6.07, 6.45) is -0.602. The van der Waals surface area contributed by atoms with Gasteiger partial charge in [0.25, 0.3) is 0 Å². The summed E-state index contributed by atoms with van der Waals surface area (Å²) in [5.74, 6) is -1.16. The summed E-state index contributed by atoms with van der Waals surface area (Å²) in [7, 11) is 0. The van der Waals surface area contributed by atoms with Crippen molar-refractivity contribution in [1.82, 2.24) is 0 Å². The number of halogens is 2. The fourth-order valence-corrected chi connectivity index (χ4v) is 1.67. The van der Waals surface area contributed by atoms with Crippen LogP contribution in [0.15, 0.2) is 18.2 Å². The maximum Gasteiger partial charge on any atom is 0.414 e. The molecule has 1 aromatic carbocycles. The first-order valence-corrected chi connectivity index (χ1v) is 5.75. The van der Waals surface area contributed by atoms with E-state index in [4.69, 9.17) is 16.3 Å². The van der Waals surface area contributed by atoms with Crippen LogP contribution in [0.1, 0.15) is 0 Å². The molecule has 0 radical (unpaired) electrons. The minimum absolute atomic E-state index is 0.0740. The van der Waals surface area contributed by atoms with Gasteiger partial charge in [-0.3, -0.25) is 9.69 Å². The topological polar surface area (TPSA) is 58.6 Å². The Kier molecular flexibility index (Phi) is 3.66. The number of amides is 2. The number of anilines is 2. The van der Waals surface area contributed by atoms with Crippen molar-refractivity contribution >= 4 is 35.0 Å². The molecule has 0 unspecified atom stereocenters. The van der Waals surface area contributed by atoms with E-state index >= 15 is 0 Å². The lowest BCUT2D eigenvalue weighted by atomic mass is 10.2. The minimum Gasteiger partial charge on any atom is -0.447 e. The molecule has 96 valence electrons. The van der Waals surface area contributed by atoms with Crippen molar-refractivity contribution in [2.45, 2.75) is 0 Å². The van der Waals surface area contributed by atoms with Gasteiger partial charge in [-0.25, -0.2) is 9.18 Å². The zero-order valence-corrected chi connectivity index (χ0v) is 10.0. The molecule has 0 spiro atoms. The standard InChI is InChI=1S/C11H10ClFN2O3/c12-6-10(16)14-7-1-2-8(13)9(5-7)15-3-4-18-11(15)17/h1-2,5H,3-4,6H2,(H,14,16). The molecular weight excluding hydrogens is 263 g/mol. The van der Waals surface area contributed by atoms with Crippen LogP contribution in [0.3, 0.4) is 0 Å². The van der Waals surface area contributed by atoms with Crippen LogP contribution in [0.25, 0.3) is 0 Å². The summed E-state index contributed by atoms with van der Waals surface area (Å²) < 4.78 is 18.4. The number of nitrogens with zero attached hydrogens (tertiary/aromatic N) is 1. The summed E-state index contributed by atoms with van der Waals surface area (Å²) >= 11 is 5.35. The van der Waals surface area contributed by atoms with Gasteiger partial charge in [-0.05, 0) is 18.2 Å². The molecule has 7 heteroatoms. The van der Waals surface area contributed by atoms with Crippen LogP contribution in [0.5, 0.6) is 0 Å². The van der Waals surface area contributed by atoms with Crippen molar-refractivity contribution in [3.63, 3.8) is 0 Å². The number of benzene rings is 1. The summed E-state index contributed by atoms with van der Waals surface area (Å²) in [6, 6.07) is 3.93. The molecule has 1 aliphatic rings. The predicted molar refractivity (Wildman–Crippen MR) is 64.4 cm³/mol. The van der Waals surface area contributed by atoms with E-state index < -0.39 is 17.8 Å². The lowest BCUT2D eigenvalue weighted by Gasteiger charge is -2.15. The number of alkyl halides is 1. The third-order valence-electron chi connectivity index (χ3n) is 2.40. The van der Waals surface area contributed by atoms with Crippen LogP contribution >= 0.6 is 11.6 Å². The predicted octanol–water partition coefficient (Wildman–Crippen LogP) is 1.96. The highest BCUT2D eigenvalue weighted by molar-refractivity contribution is 6.29. The van der Waals surface area contributed by atoms with Crippen molar-refractivity contribution in [2.75, 3.05) is 29.2 Å². The normalized spacial score (nSPS) is 14.6.